The first-order chi connectivity index (χ1) is 16.4. The van der Waals surface area contributed by atoms with Crippen LogP contribution in [-0.2, 0) is 23.2 Å². The fraction of sp³-hybridized carbons (Fsp3) is 0.320. The van der Waals surface area contributed by atoms with Crippen LogP contribution in [0.3, 0.4) is 0 Å². The van der Waals surface area contributed by atoms with E-state index in [0.29, 0.717) is 11.3 Å². The summed E-state index contributed by atoms with van der Waals surface area (Å²) >= 11 is 0. The van der Waals surface area contributed by atoms with Gasteiger partial charge in [-0.05, 0) is 66.9 Å². The molecule has 1 fully saturated rings. The number of carbonyl (C=O) groups is 1. The normalized spacial score (nSPS) is 14.5. The van der Waals surface area contributed by atoms with Gasteiger partial charge in [0.15, 0.2) is 0 Å². The van der Waals surface area contributed by atoms with Gasteiger partial charge in [-0.2, -0.15) is 8.42 Å². The Balaban J connectivity index is 1.49. The minimum absolute atomic E-state index is 0.104. The molecule has 1 aliphatic rings. The van der Waals surface area contributed by atoms with Crippen LogP contribution in [0.1, 0.15) is 43.4 Å². The van der Waals surface area contributed by atoms with Gasteiger partial charge in [0, 0.05) is 12.6 Å². The van der Waals surface area contributed by atoms with E-state index in [2.05, 4.69) is 5.32 Å². The number of halogens is 1. The minimum atomic E-state index is -4.13. The van der Waals surface area contributed by atoms with Crippen molar-refractivity contribution >= 4 is 16.1 Å². The lowest BCUT2D eigenvalue weighted by Crippen LogP contribution is -2.44. The molecule has 2 amide bonds. The molecule has 2 aromatic carbocycles. The summed E-state index contributed by atoms with van der Waals surface area (Å²) in [6.45, 7) is 0.498. The van der Waals surface area contributed by atoms with Gasteiger partial charge in [0.05, 0.1) is 12.8 Å². The Morgan fingerprint density at radius 2 is 1.79 bits per heavy atom. The standard InChI is InChI=1S/C25H27FN2O5S/c26-20-11-13-24(14-12-20)34(30,31)33-22-9-4-6-19(16-22)17-28(18-23-10-5-15-32-23)25(29)27-21-7-2-1-3-8-21/h4-6,9-16,21H,1-3,7-8,17-18H2,(H,27,29). The van der Waals surface area contributed by atoms with Gasteiger partial charge >= 0.3 is 16.1 Å². The molecule has 0 unspecified atom stereocenters. The highest BCUT2D eigenvalue weighted by atomic mass is 32.2. The van der Waals surface area contributed by atoms with Crippen molar-refractivity contribution in [2.75, 3.05) is 0 Å². The molecule has 0 radical (unpaired) electrons. The number of hydrogen-bond donors (Lipinski definition) is 1. The molecule has 3 aromatic rings. The SMILES string of the molecule is O=C(NC1CCCCC1)N(Cc1cccc(OS(=O)(=O)c2ccc(F)cc2)c1)Cc1ccco1. The molecule has 0 atom stereocenters. The summed E-state index contributed by atoms with van der Waals surface area (Å²) in [4.78, 5) is 14.6. The lowest BCUT2D eigenvalue weighted by Gasteiger charge is -2.28. The molecule has 4 rings (SSSR count). The third-order valence-corrected chi connectivity index (χ3v) is 6.99. The number of nitrogens with one attached hydrogen (secondary N) is 1. The van der Waals surface area contributed by atoms with E-state index in [4.69, 9.17) is 8.60 Å². The molecule has 180 valence electrons. The van der Waals surface area contributed by atoms with Crippen molar-refractivity contribution in [3.8, 4) is 5.75 Å². The molecule has 1 saturated carbocycles. The number of benzene rings is 2. The van der Waals surface area contributed by atoms with Crippen LogP contribution in [0.2, 0.25) is 0 Å². The molecule has 1 heterocycles. The Morgan fingerprint density at radius 1 is 1.03 bits per heavy atom. The van der Waals surface area contributed by atoms with Crippen LogP contribution in [-0.4, -0.2) is 25.4 Å². The monoisotopic (exact) mass is 486 g/mol. The van der Waals surface area contributed by atoms with Crippen molar-refractivity contribution < 1.29 is 26.2 Å². The third kappa shape index (κ3) is 6.38. The topological polar surface area (TPSA) is 88.9 Å². The number of hydrogen-bond acceptors (Lipinski definition) is 5. The highest BCUT2D eigenvalue weighted by Gasteiger charge is 2.22. The predicted octanol–water partition coefficient (Wildman–Crippen LogP) is 5.23. The second-order valence-electron chi connectivity index (χ2n) is 8.36. The van der Waals surface area contributed by atoms with Crippen LogP contribution in [0.4, 0.5) is 9.18 Å². The predicted molar refractivity (Wildman–Crippen MR) is 124 cm³/mol. The summed E-state index contributed by atoms with van der Waals surface area (Å²) in [5, 5.41) is 3.12. The molecule has 0 aliphatic heterocycles. The molecule has 9 heteroatoms. The number of rotatable bonds is 8. The van der Waals surface area contributed by atoms with E-state index >= 15 is 0 Å². The van der Waals surface area contributed by atoms with Crippen molar-refractivity contribution in [3.05, 3.63) is 84.1 Å². The maximum Gasteiger partial charge on any atom is 0.339 e. The Hall–Kier alpha value is -3.33. The third-order valence-electron chi connectivity index (χ3n) is 5.73. The van der Waals surface area contributed by atoms with Gasteiger partial charge in [0.25, 0.3) is 0 Å². The first kappa shape index (κ1) is 23.8. The lowest BCUT2D eigenvalue weighted by molar-refractivity contribution is 0.180. The van der Waals surface area contributed by atoms with Gasteiger partial charge < -0.3 is 18.8 Å². The Kier molecular flexibility index (Phi) is 7.52. The van der Waals surface area contributed by atoms with Gasteiger partial charge in [-0.3, -0.25) is 0 Å². The van der Waals surface area contributed by atoms with E-state index in [-0.39, 0.29) is 35.8 Å². The van der Waals surface area contributed by atoms with Gasteiger partial charge in [-0.15, -0.1) is 0 Å². The molecule has 1 aliphatic carbocycles. The molecular formula is C25H27FN2O5S. The number of nitrogens with zero attached hydrogens (tertiary/aromatic N) is 1. The van der Waals surface area contributed by atoms with Gasteiger partial charge in [0.1, 0.15) is 22.2 Å². The van der Waals surface area contributed by atoms with E-state index in [1.807, 2.05) is 0 Å². The summed E-state index contributed by atoms with van der Waals surface area (Å²) in [6.07, 6.45) is 6.88. The minimum Gasteiger partial charge on any atom is -0.467 e. The molecular weight excluding hydrogens is 459 g/mol. The van der Waals surface area contributed by atoms with Gasteiger partial charge in [-0.1, -0.05) is 31.4 Å². The zero-order valence-electron chi connectivity index (χ0n) is 18.7. The molecule has 0 spiro atoms. The van der Waals surface area contributed by atoms with Crippen molar-refractivity contribution in [2.45, 2.75) is 56.1 Å². The zero-order valence-corrected chi connectivity index (χ0v) is 19.5. The van der Waals surface area contributed by atoms with Gasteiger partial charge in [0.2, 0.25) is 0 Å². The number of carbonyl (C=O) groups excluding carboxylic acids is 1. The van der Waals surface area contributed by atoms with Crippen LogP contribution in [0.25, 0.3) is 0 Å². The van der Waals surface area contributed by atoms with Crippen LogP contribution in [0.15, 0.2) is 76.2 Å². The smallest absolute Gasteiger partial charge is 0.339 e. The summed E-state index contributed by atoms with van der Waals surface area (Å²) in [6, 6.07) is 14.5. The van der Waals surface area contributed by atoms with Crippen molar-refractivity contribution in [1.29, 1.82) is 0 Å². The summed E-state index contributed by atoms with van der Waals surface area (Å²) in [7, 11) is -4.13. The Bertz CT molecular complexity index is 1190. The number of furan rings is 1. The highest BCUT2D eigenvalue weighted by Crippen LogP contribution is 2.22. The van der Waals surface area contributed by atoms with E-state index in [9.17, 15) is 17.6 Å². The van der Waals surface area contributed by atoms with Crippen LogP contribution in [0.5, 0.6) is 5.75 Å². The maximum atomic E-state index is 13.1. The number of amides is 2. The molecule has 34 heavy (non-hydrogen) atoms. The zero-order chi connectivity index (χ0) is 24.0. The fourth-order valence-corrected chi connectivity index (χ4v) is 4.92. The van der Waals surface area contributed by atoms with Crippen molar-refractivity contribution in [3.63, 3.8) is 0 Å². The maximum absolute atomic E-state index is 13.1. The van der Waals surface area contributed by atoms with E-state index in [1.165, 1.54) is 12.5 Å². The van der Waals surface area contributed by atoms with Gasteiger partial charge in [-0.25, -0.2) is 9.18 Å². The fourth-order valence-electron chi connectivity index (χ4n) is 4.00. The second kappa shape index (κ2) is 10.7. The summed E-state index contributed by atoms with van der Waals surface area (Å²) in [5.41, 5.74) is 0.692. The first-order valence-corrected chi connectivity index (χ1v) is 12.7. The van der Waals surface area contributed by atoms with E-state index in [1.54, 1.807) is 41.5 Å². The largest absolute Gasteiger partial charge is 0.467 e. The quantitative estimate of drug-likeness (QED) is 0.441. The van der Waals surface area contributed by atoms with Crippen molar-refractivity contribution in [2.24, 2.45) is 0 Å². The van der Waals surface area contributed by atoms with Crippen molar-refractivity contribution in [1.82, 2.24) is 10.2 Å². The van der Waals surface area contributed by atoms with E-state index < -0.39 is 15.9 Å². The molecule has 1 aromatic heterocycles. The summed E-state index contributed by atoms with van der Waals surface area (Å²) in [5.74, 6) is 0.210. The molecule has 7 nitrogen and oxygen atoms in total. The average molecular weight is 487 g/mol. The lowest BCUT2D eigenvalue weighted by atomic mass is 9.96. The first-order valence-electron chi connectivity index (χ1n) is 11.3. The van der Waals surface area contributed by atoms with E-state index in [0.717, 1.165) is 49.9 Å². The van der Waals surface area contributed by atoms with Crippen LogP contribution in [0, 0.1) is 5.82 Å². The van der Waals surface area contributed by atoms with Crippen LogP contribution < -0.4 is 9.50 Å². The van der Waals surface area contributed by atoms with Crippen LogP contribution >= 0.6 is 0 Å². The number of urea groups is 1. The molecule has 0 saturated heterocycles. The molecule has 0 bridgehead atoms. The average Bonchev–Trinajstić information content (AvgIpc) is 3.33. The Morgan fingerprint density at radius 3 is 2.50 bits per heavy atom. The Labute approximate surface area is 198 Å². The highest BCUT2D eigenvalue weighted by molar-refractivity contribution is 7.87. The molecule has 1 N–H and O–H groups in total. The summed E-state index contributed by atoms with van der Waals surface area (Å²) < 4.78 is 48.9. The second-order valence-corrected chi connectivity index (χ2v) is 9.90.